The van der Waals surface area contributed by atoms with Crippen molar-refractivity contribution in [1.29, 1.82) is 0 Å². The zero-order valence-electron chi connectivity index (χ0n) is 6.16. The van der Waals surface area contributed by atoms with Gasteiger partial charge >= 0.3 is 0 Å². The highest BCUT2D eigenvalue weighted by molar-refractivity contribution is 7.07. The number of aromatic nitrogens is 1. The molecule has 0 unspecified atom stereocenters. The molecule has 0 saturated heterocycles. The first-order chi connectivity index (χ1) is 4.79. The lowest BCUT2D eigenvalue weighted by molar-refractivity contribution is 0.705. The van der Waals surface area contributed by atoms with Crippen LogP contribution in [0.5, 0.6) is 0 Å². The number of nitrogens with zero attached hydrogens (tertiary/aromatic N) is 2. The van der Waals surface area contributed by atoms with Gasteiger partial charge in [0.15, 0.2) is 0 Å². The van der Waals surface area contributed by atoms with E-state index in [1.165, 1.54) is 5.69 Å². The molecule has 56 valence electrons. The first kappa shape index (κ1) is 7.34. The fourth-order valence-corrected chi connectivity index (χ4v) is 1.77. The zero-order valence-corrected chi connectivity index (χ0v) is 6.98. The van der Waals surface area contributed by atoms with Crippen molar-refractivity contribution in [3.05, 3.63) is 15.9 Å². The Labute approximate surface area is 63.8 Å². The summed E-state index contributed by atoms with van der Waals surface area (Å²) in [5.74, 6) is 5.15. The molecule has 0 radical (unpaired) electrons. The minimum Gasteiger partial charge on any atom is -0.320 e. The van der Waals surface area contributed by atoms with Gasteiger partial charge in [-0.3, -0.25) is 0 Å². The van der Waals surface area contributed by atoms with Crippen LogP contribution in [0.2, 0.25) is 0 Å². The largest absolute Gasteiger partial charge is 0.320 e. The van der Waals surface area contributed by atoms with Crippen LogP contribution in [0.4, 0.5) is 0 Å². The fraction of sp³-hybridized carbons (Fsp3) is 0.500. The molecule has 0 aromatic carbocycles. The SMILES string of the molecule is CCn1c(C)csc1=NN. The molecule has 0 aliphatic carbocycles. The van der Waals surface area contributed by atoms with E-state index in [0.29, 0.717) is 0 Å². The average Bonchev–Trinajstić information content (AvgIpc) is 2.30. The molecule has 0 amide bonds. The summed E-state index contributed by atoms with van der Waals surface area (Å²) in [5.41, 5.74) is 1.22. The van der Waals surface area contributed by atoms with E-state index in [1.807, 2.05) is 0 Å². The van der Waals surface area contributed by atoms with E-state index < -0.39 is 0 Å². The van der Waals surface area contributed by atoms with Crippen LogP contribution >= 0.6 is 11.3 Å². The van der Waals surface area contributed by atoms with Crippen LogP contribution in [0, 0.1) is 6.92 Å². The molecule has 1 aromatic rings. The summed E-state index contributed by atoms with van der Waals surface area (Å²) in [6.45, 7) is 5.06. The Kier molecular flexibility index (Phi) is 2.11. The van der Waals surface area contributed by atoms with Crippen molar-refractivity contribution in [3.8, 4) is 0 Å². The number of hydrogen-bond donors (Lipinski definition) is 1. The standard InChI is InChI=1S/C6H11N3S/c1-3-9-5(2)4-10-6(9)8-7/h4H,3,7H2,1-2H3. The second-order valence-corrected chi connectivity index (χ2v) is 2.87. The minimum atomic E-state index is 0.889. The van der Waals surface area contributed by atoms with Crippen LogP contribution in [0.3, 0.4) is 0 Å². The van der Waals surface area contributed by atoms with Crippen molar-refractivity contribution >= 4 is 11.3 Å². The predicted molar refractivity (Wildman–Crippen MR) is 42.5 cm³/mol. The summed E-state index contributed by atoms with van der Waals surface area (Å²) in [4.78, 5) is 0.889. The predicted octanol–water partition coefficient (Wildman–Crippen LogP) is 0.652. The van der Waals surface area contributed by atoms with E-state index in [1.54, 1.807) is 11.3 Å². The Morgan fingerprint density at radius 1 is 1.80 bits per heavy atom. The molecule has 1 rings (SSSR count). The van der Waals surface area contributed by atoms with Gasteiger partial charge in [-0.05, 0) is 13.8 Å². The molecule has 0 saturated carbocycles. The summed E-state index contributed by atoms with van der Waals surface area (Å²) in [6.07, 6.45) is 0. The van der Waals surface area contributed by atoms with Gasteiger partial charge in [-0.25, -0.2) is 0 Å². The molecule has 0 spiro atoms. The quantitative estimate of drug-likeness (QED) is 0.472. The summed E-state index contributed by atoms with van der Waals surface area (Å²) in [5, 5.41) is 5.69. The van der Waals surface area contributed by atoms with E-state index in [-0.39, 0.29) is 0 Å². The molecule has 0 aliphatic rings. The Morgan fingerprint density at radius 3 is 2.90 bits per heavy atom. The lowest BCUT2D eigenvalue weighted by Crippen LogP contribution is -2.16. The third-order valence-electron chi connectivity index (χ3n) is 1.42. The molecule has 10 heavy (non-hydrogen) atoms. The summed E-state index contributed by atoms with van der Waals surface area (Å²) < 4.78 is 2.07. The van der Waals surface area contributed by atoms with Gasteiger partial charge in [-0.1, -0.05) is 0 Å². The van der Waals surface area contributed by atoms with Crippen molar-refractivity contribution in [1.82, 2.24) is 4.57 Å². The summed E-state index contributed by atoms with van der Waals surface area (Å²) in [6, 6.07) is 0. The Morgan fingerprint density at radius 2 is 2.50 bits per heavy atom. The van der Waals surface area contributed by atoms with Crippen molar-refractivity contribution in [2.45, 2.75) is 20.4 Å². The van der Waals surface area contributed by atoms with E-state index in [2.05, 4.69) is 28.9 Å². The molecule has 0 bridgehead atoms. The third kappa shape index (κ3) is 1.07. The Hall–Kier alpha value is -0.770. The van der Waals surface area contributed by atoms with Gasteiger partial charge in [0.2, 0.25) is 4.80 Å². The van der Waals surface area contributed by atoms with E-state index >= 15 is 0 Å². The smallest absolute Gasteiger partial charge is 0.207 e. The topological polar surface area (TPSA) is 43.3 Å². The van der Waals surface area contributed by atoms with Crippen LogP contribution in [0.15, 0.2) is 10.5 Å². The highest BCUT2D eigenvalue weighted by Gasteiger charge is 1.95. The maximum atomic E-state index is 5.15. The molecule has 0 atom stereocenters. The van der Waals surface area contributed by atoms with E-state index in [4.69, 9.17) is 5.84 Å². The van der Waals surface area contributed by atoms with Gasteiger partial charge in [0, 0.05) is 17.6 Å². The first-order valence-electron chi connectivity index (χ1n) is 3.18. The third-order valence-corrected chi connectivity index (χ3v) is 2.41. The van der Waals surface area contributed by atoms with Crippen molar-refractivity contribution in [2.24, 2.45) is 10.9 Å². The number of rotatable bonds is 1. The van der Waals surface area contributed by atoms with Crippen molar-refractivity contribution < 1.29 is 0 Å². The molecule has 1 aromatic heterocycles. The van der Waals surface area contributed by atoms with Gasteiger partial charge in [0.25, 0.3) is 0 Å². The van der Waals surface area contributed by atoms with E-state index in [9.17, 15) is 0 Å². The van der Waals surface area contributed by atoms with Crippen LogP contribution in [0.1, 0.15) is 12.6 Å². The van der Waals surface area contributed by atoms with Crippen LogP contribution < -0.4 is 10.6 Å². The molecule has 1 heterocycles. The lowest BCUT2D eigenvalue weighted by atomic mass is 10.5. The summed E-state index contributed by atoms with van der Waals surface area (Å²) in [7, 11) is 0. The van der Waals surface area contributed by atoms with Crippen LogP contribution in [-0.2, 0) is 6.54 Å². The number of nitrogens with two attached hydrogens (primary N) is 1. The zero-order chi connectivity index (χ0) is 7.56. The minimum absolute atomic E-state index is 0.889. The van der Waals surface area contributed by atoms with Crippen molar-refractivity contribution in [2.75, 3.05) is 0 Å². The molecular weight excluding hydrogens is 146 g/mol. The highest BCUT2D eigenvalue weighted by Crippen LogP contribution is 1.97. The molecule has 4 heteroatoms. The molecule has 0 aliphatic heterocycles. The van der Waals surface area contributed by atoms with Crippen LogP contribution in [0.25, 0.3) is 0 Å². The molecule has 0 fully saturated rings. The van der Waals surface area contributed by atoms with Gasteiger partial charge in [0.1, 0.15) is 0 Å². The van der Waals surface area contributed by atoms with Gasteiger partial charge in [0.05, 0.1) is 0 Å². The molecule has 2 N–H and O–H groups in total. The maximum Gasteiger partial charge on any atom is 0.207 e. The van der Waals surface area contributed by atoms with Gasteiger partial charge < -0.3 is 10.4 Å². The lowest BCUT2D eigenvalue weighted by Gasteiger charge is -1.97. The highest BCUT2D eigenvalue weighted by atomic mass is 32.1. The Bertz CT molecular complexity index is 271. The normalized spacial score (nSPS) is 12.4. The maximum absolute atomic E-state index is 5.15. The molecular formula is C6H11N3S. The molecule has 3 nitrogen and oxygen atoms in total. The number of hydrogen-bond acceptors (Lipinski definition) is 3. The Balaban J connectivity index is 3.27. The fourth-order valence-electron chi connectivity index (χ4n) is 0.901. The van der Waals surface area contributed by atoms with Crippen molar-refractivity contribution in [3.63, 3.8) is 0 Å². The van der Waals surface area contributed by atoms with Crippen LogP contribution in [-0.4, -0.2) is 4.57 Å². The number of aryl methyl sites for hydroxylation is 1. The monoisotopic (exact) mass is 157 g/mol. The van der Waals surface area contributed by atoms with Gasteiger partial charge in [-0.15, -0.1) is 11.3 Å². The van der Waals surface area contributed by atoms with E-state index in [0.717, 1.165) is 11.3 Å². The number of thiazole rings is 1. The summed E-state index contributed by atoms with van der Waals surface area (Å²) >= 11 is 1.57. The second-order valence-electron chi connectivity index (χ2n) is 2.03. The second kappa shape index (κ2) is 2.88. The first-order valence-corrected chi connectivity index (χ1v) is 4.06. The average molecular weight is 157 g/mol. The van der Waals surface area contributed by atoms with Gasteiger partial charge in [-0.2, -0.15) is 5.10 Å².